The van der Waals surface area contributed by atoms with Gasteiger partial charge in [-0.15, -0.1) is 0 Å². The number of amides is 1. The van der Waals surface area contributed by atoms with Gasteiger partial charge in [-0.05, 0) is 36.5 Å². The fourth-order valence-corrected chi connectivity index (χ4v) is 2.89. The van der Waals surface area contributed by atoms with Crippen LogP contribution in [0.2, 0.25) is 0 Å². The highest BCUT2D eigenvalue weighted by Crippen LogP contribution is 2.20. The molecule has 0 aliphatic carbocycles. The Hall–Kier alpha value is -2.31. The van der Waals surface area contributed by atoms with E-state index in [1.165, 1.54) is 12.1 Å². The Morgan fingerprint density at radius 3 is 2.71 bits per heavy atom. The third-order valence-electron chi connectivity index (χ3n) is 4.34. The number of nitrogens with one attached hydrogen (secondary N) is 2. The zero-order valence-electron chi connectivity index (χ0n) is 14.2. The second-order valence-corrected chi connectivity index (χ2v) is 5.99. The van der Waals surface area contributed by atoms with Gasteiger partial charge in [-0.25, -0.2) is 4.39 Å². The van der Waals surface area contributed by atoms with Crippen molar-refractivity contribution in [3.63, 3.8) is 0 Å². The summed E-state index contributed by atoms with van der Waals surface area (Å²) >= 11 is 0. The normalized spacial score (nSPS) is 16.1. The summed E-state index contributed by atoms with van der Waals surface area (Å²) in [5, 5.41) is 15.1. The molecule has 0 aromatic heterocycles. The first-order valence-corrected chi connectivity index (χ1v) is 8.17. The molecule has 0 radical (unpaired) electrons. The van der Waals surface area contributed by atoms with Crippen molar-refractivity contribution in [2.75, 3.05) is 27.2 Å². The Balaban J connectivity index is 1.84. The Morgan fingerprint density at radius 1 is 1.42 bits per heavy atom. The molecule has 1 saturated heterocycles. The number of rotatable bonds is 4. The molecule has 1 aromatic carbocycles. The minimum atomic E-state index is -0.626. The lowest BCUT2D eigenvalue weighted by Crippen LogP contribution is -2.45. The van der Waals surface area contributed by atoms with E-state index in [0.717, 1.165) is 37.5 Å². The third-order valence-corrected chi connectivity index (χ3v) is 4.34. The van der Waals surface area contributed by atoms with E-state index in [4.69, 9.17) is 0 Å². The minimum absolute atomic E-state index is 0.0883. The van der Waals surface area contributed by atoms with Crippen LogP contribution in [0.3, 0.4) is 0 Å². The summed E-state index contributed by atoms with van der Waals surface area (Å²) in [5.41, 5.74) is 0.737. The number of hydrogen-bond donors (Lipinski definition) is 3. The van der Waals surface area contributed by atoms with Gasteiger partial charge in [0.05, 0.1) is 0 Å². The molecule has 1 amide bonds. The van der Waals surface area contributed by atoms with Crippen molar-refractivity contribution < 1.29 is 14.3 Å². The summed E-state index contributed by atoms with van der Waals surface area (Å²) in [6.45, 7) is 2.11. The van der Waals surface area contributed by atoms with Crippen molar-refractivity contribution in [1.29, 1.82) is 0 Å². The first-order chi connectivity index (χ1) is 11.5. The number of phenols is 1. The number of hydrogen-bond acceptors (Lipinski definition) is 3. The van der Waals surface area contributed by atoms with Crippen LogP contribution in [0, 0.1) is 11.7 Å². The lowest BCUT2D eigenvalue weighted by atomic mass is 9.93. The molecular formula is C17H25FN4O2. The molecule has 1 fully saturated rings. The molecule has 0 spiro atoms. The molecular weight excluding hydrogens is 311 g/mol. The number of piperidine rings is 1. The van der Waals surface area contributed by atoms with E-state index in [1.807, 2.05) is 0 Å². The molecule has 1 heterocycles. The average molecular weight is 336 g/mol. The van der Waals surface area contributed by atoms with Gasteiger partial charge < -0.3 is 20.6 Å². The minimum Gasteiger partial charge on any atom is -0.505 e. The Kier molecular flexibility index (Phi) is 6.40. The molecule has 24 heavy (non-hydrogen) atoms. The number of nitrogens with zero attached hydrogens (tertiary/aromatic N) is 2. The molecule has 1 aromatic rings. The summed E-state index contributed by atoms with van der Waals surface area (Å²) < 4.78 is 13.4. The number of carbonyl (C=O) groups excluding carboxylic acids is 1. The number of benzene rings is 1. The standard InChI is InChI=1S/C17H25FN4O2/c1-19-16(24)10-12-5-7-22(8-6-12)17(20-2)21-11-13-3-4-15(23)14(18)9-13/h3-4,9,12,23H,5-8,10-11H2,1-2H3,(H,19,24)(H,20,21). The number of phenolic OH excluding ortho intramolecular Hbond substituents is 1. The summed E-state index contributed by atoms with van der Waals surface area (Å²) in [5.74, 6) is 0.290. The van der Waals surface area contributed by atoms with Crippen molar-refractivity contribution in [2.24, 2.45) is 10.9 Å². The molecule has 2 rings (SSSR count). The maximum atomic E-state index is 13.4. The predicted octanol–water partition coefficient (Wildman–Crippen LogP) is 1.45. The zero-order valence-corrected chi connectivity index (χ0v) is 14.2. The SMILES string of the molecule is CN=C(NCc1ccc(O)c(F)c1)N1CCC(CC(=O)NC)CC1. The fourth-order valence-electron chi connectivity index (χ4n) is 2.89. The number of aliphatic imine (C=N–C) groups is 1. The van der Waals surface area contributed by atoms with E-state index in [9.17, 15) is 14.3 Å². The van der Waals surface area contributed by atoms with Gasteiger partial charge in [0.25, 0.3) is 0 Å². The van der Waals surface area contributed by atoms with Crippen molar-refractivity contribution in [3.8, 4) is 5.75 Å². The van der Waals surface area contributed by atoms with Gasteiger partial charge in [0.2, 0.25) is 5.91 Å². The maximum Gasteiger partial charge on any atom is 0.220 e. The summed E-state index contributed by atoms with van der Waals surface area (Å²) in [7, 11) is 3.38. The second kappa shape index (κ2) is 8.52. The molecule has 3 N–H and O–H groups in total. The number of likely N-dealkylation sites (tertiary alicyclic amines) is 1. The maximum absolute atomic E-state index is 13.4. The van der Waals surface area contributed by atoms with Gasteiger partial charge in [-0.3, -0.25) is 9.79 Å². The van der Waals surface area contributed by atoms with Crippen LogP contribution in [-0.4, -0.2) is 49.1 Å². The molecule has 6 nitrogen and oxygen atoms in total. The number of guanidine groups is 1. The van der Waals surface area contributed by atoms with Gasteiger partial charge in [-0.2, -0.15) is 0 Å². The molecule has 0 bridgehead atoms. The number of carbonyl (C=O) groups is 1. The highest BCUT2D eigenvalue weighted by Gasteiger charge is 2.23. The molecule has 1 aliphatic heterocycles. The Labute approximate surface area is 141 Å². The topological polar surface area (TPSA) is 77.0 Å². The molecule has 1 aliphatic rings. The molecule has 0 saturated carbocycles. The van der Waals surface area contributed by atoms with Crippen LogP contribution < -0.4 is 10.6 Å². The summed E-state index contributed by atoms with van der Waals surface area (Å²) in [6.07, 6.45) is 2.47. The van der Waals surface area contributed by atoms with E-state index in [0.29, 0.717) is 18.9 Å². The lowest BCUT2D eigenvalue weighted by molar-refractivity contribution is -0.121. The summed E-state index contributed by atoms with van der Waals surface area (Å²) in [6, 6.07) is 4.33. The van der Waals surface area contributed by atoms with E-state index in [-0.39, 0.29) is 11.7 Å². The smallest absolute Gasteiger partial charge is 0.220 e. The molecule has 7 heteroatoms. The predicted molar refractivity (Wildman–Crippen MR) is 91.2 cm³/mol. The molecule has 132 valence electrons. The van der Waals surface area contributed by atoms with E-state index in [2.05, 4.69) is 20.5 Å². The molecule has 0 atom stereocenters. The van der Waals surface area contributed by atoms with Crippen LogP contribution in [-0.2, 0) is 11.3 Å². The highest BCUT2D eigenvalue weighted by molar-refractivity contribution is 5.80. The fraction of sp³-hybridized carbons (Fsp3) is 0.529. The van der Waals surface area contributed by atoms with E-state index < -0.39 is 5.82 Å². The van der Waals surface area contributed by atoms with Crippen LogP contribution in [0.15, 0.2) is 23.2 Å². The van der Waals surface area contributed by atoms with Gasteiger partial charge in [0, 0.05) is 40.2 Å². The lowest BCUT2D eigenvalue weighted by Gasteiger charge is -2.34. The zero-order chi connectivity index (χ0) is 17.5. The van der Waals surface area contributed by atoms with Gasteiger partial charge in [0.1, 0.15) is 0 Å². The highest BCUT2D eigenvalue weighted by atomic mass is 19.1. The summed E-state index contributed by atoms with van der Waals surface area (Å²) in [4.78, 5) is 17.9. The monoisotopic (exact) mass is 336 g/mol. The Morgan fingerprint density at radius 2 is 2.12 bits per heavy atom. The first-order valence-electron chi connectivity index (χ1n) is 8.17. The van der Waals surface area contributed by atoms with E-state index >= 15 is 0 Å². The van der Waals surface area contributed by atoms with Crippen LogP contribution in [0.25, 0.3) is 0 Å². The average Bonchev–Trinajstić information content (AvgIpc) is 2.59. The van der Waals surface area contributed by atoms with Crippen molar-refractivity contribution in [1.82, 2.24) is 15.5 Å². The van der Waals surface area contributed by atoms with Crippen LogP contribution in [0.4, 0.5) is 4.39 Å². The van der Waals surface area contributed by atoms with Gasteiger partial charge in [-0.1, -0.05) is 6.07 Å². The van der Waals surface area contributed by atoms with Crippen LogP contribution in [0.5, 0.6) is 5.75 Å². The number of halogens is 1. The third kappa shape index (κ3) is 4.84. The van der Waals surface area contributed by atoms with Crippen molar-refractivity contribution in [3.05, 3.63) is 29.6 Å². The van der Waals surface area contributed by atoms with E-state index in [1.54, 1.807) is 20.2 Å². The second-order valence-electron chi connectivity index (χ2n) is 5.99. The first kappa shape index (κ1) is 18.0. The van der Waals surface area contributed by atoms with Crippen LogP contribution >= 0.6 is 0 Å². The van der Waals surface area contributed by atoms with Crippen molar-refractivity contribution in [2.45, 2.75) is 25.8 Å². The number of aromatic hydroxyl groups is 1. The van der Waals surface area contributed by atoms with Crippen LogP contribution in [0.1, 0.15) is 24.8 Å². The van der Waals surface area contributed by atoms with Gasteiger partial charge >= 0.3 is 0 Å². The Bertz CT molecular complexity index is 598. The quantitative estimate of drug-likeness (QED) is 0.575. The van der Waals surface area contributed by atoms with Gasteiger partial charge in [0.15, 0.2) is 17.5 Å². The molecule has 0 unspecified atom stereocenters. The largest absolute Gasteiger partial charge is 0.505 e. The van der Waals surface area contributed by atoms with Crippen molar-refractivity contribution >= 4 is 11.9 Å².